The molecule has 0 heterocycles. The molecule has 0 aliphatic carbocycles. The number of nitro benzene ring substituents is 1. The molecule has 1 N–H and O–H groups in total. The molecular formula is C11H14ClN3O6S. The van der Waals surface area contributed by atoms with Crippen LogP contribution in [0.5, 0.6) is 0 Å². The van der Waals surface area contributed by atoms with Crippen LogP contribution in [0.15, 0.2) is 17.0 Å². The van der Waals surface area contributed by atoms with Crippen molar-refractivity contribution in [2.75, 3.05) is 27.9 Å². The van der Waals surface area contributed by atoms with E-state index in [2.05, 4.69) is 9.46 Å². The molecule has 9 nitrogen and oxygen atoms in total. The SMILES string of the molecule is COC(=O)c1cc([N+](=O)[O-])c(Cl)c(S(=O)(=O)NCN(C)C)c1. The van der Waals surface area contributed by atoms with E-state index in [1.807, 2.05) is 0 Å². The number of hydrogen-bond donors (Lipinski definition) is 1. The molecule has 1 aromatic carbocycles. The quantitative estimate of drug-likeness (QED) is 0.349. The molecule has 0 unspecified atom stereocenters. The summed E-state index contributed by atoms with van der Waals surface area (Å²) >= 11 is 5.80. The highest BCUT2D eigenvalue weighted by atomic mass is 35.5. The number of nitrogens with zero attached hydrogens (tertiary/aromatic N) is 2. The van der Waals surface area contributed by atoms with Gasteiger partial charge in [-0.05, 0) is 20.2 Å². The van der Waals surface area contributed by atoms with Gasteiger partial charge in [0.2, 0.25) is 10.0 Å². The molecule has 0 aliphatic heterocycles. The van der Waals surface area contributed by atoms with E-state index < -0.39 is 36.5 Å². The first-order valence-corrected chi connectivity index (χ1v) is 7.67. The van der Waals surface area contributed by atoms with Crippen LogP contribution in [0, 0.1) is 10.1 Å². The van der Waals surface area contributed by atoms with Gasteiger partial charge in [0.05, 0.1) is 24.3 Å². The molecule has 0 fully saturated rings. The molecule has 0 aromatic heterocycles. The summed E-state index contributed by atoms with van der Waals surface area (Å²) in [4.78, 5) is 22.6. The number of methoxy groups -OCH3 is 1. The lowest BCUT2D eigenvalue weighted by Crippen LogP contribution is -2.33. The highest BCUT2D eigenvalue weighted by Crippen LogP contribution is 2.32. The number of nitro groups is 1. The monoisotopic (exact) mass is 351 g/mol. The van der Waals surface area contributed by atoms with Crippen LogP contribution in [-0.4, -0.2) is 52.1 Å². The Kier molecular flexibility index (Phi) is 5.83. The zero-order chi connectivity index (χ0) is 17.1. The maximum Gasteiger partial charge on any atom is 0.338 e. The fraction of sp³-hybridized carbons (Fsp3) is 0.364. The molecule has 0 amide bonds. The number of rotatable bonds is 6. The number of carbonyl (C=O) groups excluding carboxylic acids is 1. The molecule has 0 saturated heterocycles. The van der Waals surface area contributed by atoms with Crippen molar-refractivity contribution in [2.24, 2.45) is 0 Å². The topological polar surface area (TPSA) is 119 Å². The number of carbonyl (C=O) groups is 1. The second kappa shape index (κ2) is 7.01. The Morgan fingerprint density at radius 3 is 2.50 bits per heavy atom. The fourth-order valence-corrected chi connectivity index (χ4v) is 3.13. The predicted octanol–water partition coefficient (Wildman–Crippen LogP) is 0.832. The van der Waals surface area contributed by atoms with Crippen molar-refractivity contribution < 1.29 is 22.9 Å². The Hall–Kier alpha value is -1.75. The Morgan fingerprint density at radius 2 is 2.05 bits per heavy atom. The average Bonchev–Trinajstić information content (AvgIpc) is 2.44. The van der Waals surface area contributed by atoms with Gasteiger partial charge in [-0.25, -0.2) is 13.2 Å². The molecule has 0 bridgehead atoms. The summed E-state index contributed by atoms with van der Waals surface area (Å²) in [6, 6.07) is 1.79. The summed E-state index contributed by atoms with van der Waals surface area (Å²) in [5, 5.41) is 10.4. The Bertz CT molecular complexity index is 704. The van der Waals surface area contributed by atoms with Gasteiger partial charge in [-0.2, -0.15) is 4.72 Å². The van der Waals surface area contributed by atoms with Gasteiger partial charge >= 0.3 is 5.97 Å². The Labute approximate surface area is 132 Å². The van der Waals surface area contributed by atoms with Gasteiger partial charge in [0.1, 0.15) is 9.92 Å². The number of sulfonamides is 1. The van der Waals surface area contributed by atoms with Gasteiger partial charge < -0.3 is 4.74 Å². The number of esters is 1. The van der Waals surface area contributed by atoms with E-state index in [9.17, 15) is 23.3 Å². The van der Waals surface area contributed by atoms with Crippen LogP contribution in [0.25, 0.3) is 0 Å². The van der Waals surface area contributed by atoms with Crippen LogP contribution >= 0.6 is 11.6 Å². The maximum atomic E-state index is 12.2. The third-order valence-electron chi connectivity index (χ3n) is 2.50. The number of halogens is 1. The molecule has 1 rings (SSSR count). The largest absolute Gasteiger partial charge is 0.465 e. The van der Waals surface area contributed by atoms with E-state index in [1.54, 1.807) is 14.1 Å². The van der Waals surface area contributed by atoms with Crippen molar-refractivity contribution in [2.45, 2.75) is 4.90 Å². The lowest BCUT2D eigenvalue weighted by molar-refractivity contribution is -0.384. The summed E-state index contributed by atoms with van der Waals surface area (Å²) in [5.41, 5.74) is -0.987. The van der Waals surface area contributed by atoms with Crippen molar-refractivity contribution in [3.05, 3.63) is 32.8 Å². The first-order chi connectivity index (χ1) is 10.1. The van der Waals surface area contributed by atoms with E-state index in [0.717, 1.165) is 19.2 Å². The van der Waals surface area contributed by atoms with Crippen LogP contribution in [0.1, 0.15) is 10.4 Å². The van der Waals surface area contributed by atoms with Crippen molar-refractivity contribution in [1.82, 2.24) is 9.62 Å². The van der Waals surface area contributed by atoms with E-state index in [1.165, 1.54) is 4.90 Å². The second-order valence-corrected chi connectivity index (χ2v) is 6.56. The van der Waals surface area contributed by atoms with Crippen molar-refractivity contribution >= 4 is 33.3 Å². The molecule has 0 atom stereocenters. The highest BCUT2D eigenvalue weighted by Gasteiger charge is 2.28. The minimum Gasteiger partial charge on any atom is -0.465 e. The molecule has 0 aliphatic rings. The summed E-state index contributed by atoms with van der Waals surface area (Å²) in [5.74, 6) is -0.913. The minimum atomic E-state index is -4.14. The summed E-state index contributed by atoms with van der Waals surface area (Å²) in [6.45, 7) is -0.0467. The molecule has 22 heavy (non-hydrogen) atoms. The lowest BCUT2D eigenvalue weighted by atomic mass is 10.2. The molecular weight excluding hydrogens is 338 g/mol. The molecule has 1 aromatic rings. The van der Waals surface area contributed by atoms with Crippen LogP contribution < -0.4 is 4.72 Å². The average molecular weight is 352 g/mol. The zero-order valence-corrected chi connectivity index (χ0v) is 13.6. The Morgan fingerprint density at radius 1 is 1.45 bits per heavy atom. The van der Waals surface area contributed by atoms with Gasteiger partial charge in [0.25, 0.3) is 5.69 Å². The van der Waals surface area contributed by atoms with Crippen LogP contribution in [0.3, 0.4) is 0 Å². The number of nitrogens with one attached hydrogen (secondary N) is 1. The summed E-state index contributed by atoms with van der Waals surface area (Å²) < 4.78 is 31.1. The molecule has 122 valence electrons. The smallest absolute Gasteiger partial charge is 0.338 e. The van der Waals surface area contributed by atoms with Gasteiger partial charge in [-0.3, -0.25) is 15.0 Å². The molecule has 11 heteroatoms. The first kappa shape index (κ1) is 18.3. The predicted molar refractivity (Wildman–Crippen MR) is 78.3 cm³/mol. The van der Waals surface area contributed by atoms with Crippen molar-refractivity contribution in [3.63, 3.8) is 0 Å². The van der Waals surface area contributed by atoms with Crippen LogP contribution in [0.4, 0.5) is 5.69 Å². The number of ether oxygens (including phenoxy) is 1. The van der Waals surface area contributed by atoms with Gasteiger partial charge in [0.15, 0.2) is 0 Å². The summed E-state index contributed by atoms with van der Waals surface area (Å²) in [6.07, 6.45) is 0. The zero-order valence-electron chi connectivity index (χ0n) is 12.0. The van der Waals surface area contributed by atoms with E-state index in [4.69, 9.17) is 11.6 Å². The Balaban J connectivity index is 3.49. The number of hydrogen-bond acceptors (Lipinski definition) is 7. The minimum absolute atomic E-state index is 0.0467. The first-order valence-electron chi connectivity index (χ1n) is 5.80. The van der Waals surface area contributed by atoms with E-state index >= 15 is 0 Å². The van der Waals surface area contributed by atoms with Crippen LogP contribution in [-0.2, 0) is 14.8 Å². The van der Waals surface area contributed by atoms with E-state index in [0.29, 0.717) is 0 Å². The standard InChI is InChI=1S/C11H14ClN3O6S/c1-14(2)6-13-22(19,20)9-5-7(11(16)21-3)4-8(10(9)12)15(17)18/h4-5,13H,6H2,1-3H3. The van der Waals surface area contributed by atoms with Gasteiger partial charge in [-0.15, -0.1) is 0 Å². The summed E-state index contributed by atoms with van der Waals surface area (Å²) in [7, 11) is 0.174. The van der Waals surface area contributed by atoms with E-state index in [-0.39, 0.29) is 12.2 Å². The molecule has 0 spiro atoms. The third kappa shape index (κ3) is 4.13. The normalized spacial score (nSPS) is 11.5. The maximum absolute atomic E-state index is 12.2. The highest BCUT2D eigenvalue weighted by molar-refractivity contribution is 7.89. The fourth-order valence-electron chi connectivity index (χ4n) is 1.44. The van der Waals surface area contributed by atoms with Gasteiger partial charge in [-0.1, -0.05) is 11.6 Å². The lowest BCUT2D eigenvalue weighted by Gasteiger charge is -2.13. The molecule has 0 saturated carbocycles. The third-order valence-corrected chi connectivity index (χ3v) is 4.42. The van der Waals surface area contributed by atoms with Gasteiger partial charge in [0, 0.05) is 6.07 Å². The number of benzene rings is 1. The van der Waals surface area contributed by atoms with Crippen molar-refractivity contribution in [1.29, 1.82) is 0 Å². The second-order valence-electron chi connectivity index (χ2n) is 4.44. The van der Waals surface area contributed by atoms with Crippen LogP contribution in [0.2, 0.25) is 5.02 Å². The van der Waals surface area contributed by atoms with Crippen molar-refractivity contribution in [3.8, 4) is 0 Å². The molecule has 0 radical (unpaired) electrons.